The highest BCUT2D eigenvalue weighted by Gasteiger charge is 2.38. The van der Waals surface area contributed by atoms with Crippen LogP contribution in [-0.2, 0) is 8.85 Å². The van der Waals surface area contributed by atoms with Crippen LogP contribution in [0.1, 0.15) is 27.2 Å². The maximum absolute atomic E-state index is 6.07. The first-order valence-corrected chi connectivity index (χ1v) is 7.00. The lowest BCUT2D eigenvalue weighted by molar-refractivity contribution is 0.222. The number of hydrogen-bond donors (Lipinski definition) is 1. The molecule has 4 heteroatoms. The second kappa shape index (κ2) is 4.55. The summed E-state index contributed by atoms with van der Waals surface area (Å²) in [7, 11) is 1.22. The minimum absolute atomic E-state index is 0.0301. The smallest absolute Gasteiger partial charge is 0.351 e. The van der Waals surface area contributed by atoms with Crippen molar-refractivity contribution in [2.24, 2.45) is 11.1 Å². The van der Waals surface area contributed by atoms with Crippen molar-refractivity contribution in [2.75, 3.05) is 14.2 Å². The number of nitrogens with two attached hydrogens (primary N) is 1. The summed E-state index contributed by atoms with van der Waals surface area (Å²) in [6.07, 6.45) is 0.928. The molecule has 0 saturated carbocycles. The van der Waals surface area contributed by atoms with Crippen molar-refractivity contribution in [3.63, 3.8) is 0 Å². The molecule has 0 aromatic heterocycles. The SMILES string of the molecule is CO[Si](C)(OC)C(N)CC(C)(C)C. The molecule has 13 heavy (non-hydrogen) atoms. The van der Waals surface area contributed by atoms with E-state index in [0.29, 0.717) is 0 Å². The van der Waals surface area contributed by atoms with E-state index >= 15 is 0 Å². The topological polar surface area (TPSA) is 44.5 Å². The van der Waals surface area contributed by atoms with Gasteiger partial charge in [0, 0.05) is 19.9 Å². The van der Waals surface area contributed by atoms with Gasteiger partial charge in [-0.25, -0.2) is 0 Å². The summed E-state index contributed by atoms with van der Waals surface area (Å²) in [5.41, 5.74) is 6.33. The highest BCUT2D eigenvalue weighted by atomic mass is 28.4. The van der Waals surface area contributed by atoms with E-state index in [4.69, 9.17) is 14.6 Å². The second-order valence-corrected chi connectivity index (χ2v) is 8.39. The van der Waals surface area contributed by atoms with Crippen molar-refractivity contribution in [3.8, 4) is 0 Å². The maximum atomic E-state index is 6.07. The second-order valence-electron chi connectivity index (χ2n) is 4.80. The van der Waals surface area contributed by atoms with Crippen LogP contribution < -0.4 is 5.73 Å². The molecule has 0 bridgehead atoms. The molecule has 0 rings (SSSR count). The van der Waals surface area contributed by atoms with E-state index in [9.17, 15) is 0 Å². The lowest BCUT2D eigenvalue weighted by atomic mass is 9.92. The van der Waals surface area contributed by atoms with Gasteiger partial charge in [0.15, 0.2) is 0 Å². The molecule has 0 radical (unpaired) electrons. The van der Waals surface area contributed by atoms with E-state index in [0.717, 1.165) is 6.42 Å². The average molecular weight is 205 g/mol. The van der Waals surface area contributed by atoms with E-state index in [-0.39, 0.29) is 11.1 Å². The van der Waals surface area contributed by atoms with Crippen LogP contribution in [0.4, 0.5) is 0 Å². The molecule has 2 N–H and O–H groups in total. The van der Waals surface area contributed by atoms with Gasteiger partial charge in [0.25, 0.3) is 0 Å². The summed E-state index contributed by atoms with van der Waals surface area (Å²) < 4.78 is 10.8. The third-order valence-electron chi connectivity index (χ3n) is 2.32. The Morgan fingerprint density at radius 1 is 1.23 bits per heavy atom. The standard InChI is InChI=1S/C9H23NO2Si/c1-9(2,3)7-8(10)13(6,11-4)12-5/h8H,7,10H2,1-6H3. The summed E-state index contributed by atoms with van der Waals surface area (Å²) in [6, 6.07) is 0. The van der Waals surface area contributed by atoms with Crippen LogP contribution in [0.2, 0.25) is 6.55 Å². The minimum Gasteiger partial charge on any atom is -0.397 e. The molecule has 0 amide bonds. The lowest BCUT2D eigenvalue weighted by Crippen LogP contribution is -2.55. The van der Waals surface area contributed by atoms with E-state index in [1.54, 1.807) is 14.2 Å². The van der Waals surface area contributed by atoms with Gasteiger partial charge in [-0.3, -0.25) is 0 Å². The van der Waals surface area contributed by atoms with Crippen LogP contribution in [0, 0.1) is 5.41 Å². The fourth-order valence-corrected chi connectivity index (χ4v) is 2.99. The zero-order valence-electron chi connectivity index (χ0n) is 9.68. The van der Waals surface area contributed by atoms with Gasteiger partial charge in [-0.2, -0.15) is 0 Å². The fourth-order valence-electron chi connectivity index (χ4n) is 1.23. The molecule has 0 fully saturated rings. The highest BCUT2D eigenvalue weighted by Crippen LogP contribution is 2.24. The Morgan fingerprint density at radius 3 is 1.85 bits per heavy atom. The zero-order chi connectivity index (χ0) is 10.7. The molecule has 0 heterocycles. The normalized spacial score (nSPS) is 15.9. The Balaban J connectivity index is 4.31. The molecule has 0 aliphatic heterocycles. The number of hydrogen-bond acceptors (Lipinski definition) is 3. The Hall–Kier alpha value is 0.0969. The van der Waals surface area contributed by atoms with Crippen molar-refractivity contribution < 1.29 is 8.85 Å². The molecule has 1 atom stereocenters. The highest BCUT2D eigenvalue weighted by molar-refractivity contribution is 6.67. The molecule has 0 saturated heterocycles. The van der Waals surface area contributed by atoms with E-state index < -0.39 is 8.56 Å². The lowest BCUT2D eigenvalue weighted by Gasteiger charge is -2.33. The molecule has 0 spiro atoms. The Bertz CT molecular complexity index is 152. The third kappa shape index (κ3) is 4.22. The summed E-state index contributed by atoms with van der Waals surface area (Å²) in [5, 5.41) is 0. The molecule has 0 aromatic carbocycles. The van der Waals surface area contributed by atoms with Crippen molar-refractivity contribution >= 4 is 8.56 Å². The molecule has 80 valence electrons. The van der Waals surface area contributed by atoms with Crippen molar-refractivity contribution in [1.29, 1.82) is 0 Å². The third-order valence-corrected chi connectivity index (χ3v) is 5.49. The molecule has 0 aliphatic carbocycles. The van der Waals surface area contributed by atoms with Gasteiger partial charge in [-0.05, 0) is 18.4 Å². The van der Waals surface area contributed by atoms with Crippen molar-refractivity contribution in [3.05, 3.63) is 0 Å². The van der Waals surface area contributed by atoms with Crippen LogP contribution in [-0.4, -0.2) is 28.4 Å². The predicted molar refractivity (Wildman–Crippen MR) is 57.7 cm³/mol. The summed E-state index contributed by atoms with van der Waals surface area (Å²) in [4.78, 5) is 0. The predicted octanol–water partition coefficient (Wildman–Crippen LogP) is 1.65. The van der Waals surface area contributed by atoms with Gasteiger partial charge in [0.2, 0.25) is 0 Å². The van der Waals surface area contributed by atoms with E-state index in [1.807, 2.05) is 6.55 Å². The van der Waals surface area contributed by atoms with E-state index in [2.05, 4.69) is 20.8 Å². The van der Waals surface area contributed by atoms with Crippen molar-refractivity contribution in [1.82, 2.24) is 0 Å². The Morgan fingerprint density at radius 2 is 1.62 bits per heavy atom. The summed E-state index contributed by atoms with van der Waals surface area (Å²) in [5.74, 6) is 0. The van der Waals surface area contributed by atoms with Crippen LogP contribution in [0.5, 0.6) is 0 Å². The van der Waals surface area contributed by atoms with Gasteiger partial charge in [-0.15, -0.1) is 0 Å². The first-order valence-electron chi connectivity index (χ1n) is 4.61. The van der Waals surface area contributed by atoms with Crippen LogP contribution >= 0.6 is 0 Å². The van der Waals surface area contributed by atoms with Gasteiger partial charge in [-0.1, -0.05) is 20.8 Å². The average Bonchev–Trinajstić information content (AvgIpc) is 2.00. The largest absolute Gasteiger partial charge is 0.397 e. The Kier molecular flexibility index (Phi) is 4.58. The first kappa shape index (κ1) is 13.1. The summed E-state index contributed by atoms with van der Waals surface area (Å²) in [6.45, 7) is 8.52. The first-order chi connectivity index (χ1) is 5.75. The monoisotopic (exact) mass is 205 g/mol. The van der Waals surface area contributed by atoms with Crippen LogP contribution in [0.3, 0.4) is 0 Å². The van der Waals surface area contributed by atoms with Gasteiger partial charge >= 0.3 is 8.56 Å². The van der Waals surface area contributed by atoms with Gasteiger partial charge in [0.05, 0.1) is 0 Å². The molecule has 0 aromatic rings. The van der Waals surface area contributed by atoms with E-state index in [1.165, 1.54) is 0 Å². The maximum Gasteiger partial charge on any atom is 0.351 e. The van der Waals surface area contributed by atoms with Crippen molar-refractivity contribution in [2.45, 2.75) is 39.4 Å². The minimum atomic E-state index is -2.13. The van der Waals surface area contributed by atoms with Crippen LogP contribution in [0.15, 0.2) is 0 Å². The summed E-state index contributed by atoms with van der Waals surface area (Å²) >= 11 is 0. The molecule has 1 unspecified atom stereocenters. The molecular weight excluding hydrogens is 182 g/mol. The Labute approximate surface area is 82.9 Å². The van der Waals surface area contributed by atoms with Gasteiger partial charge in [0.1, 0.15) is 0 Å². The zero-order valence-corrected chi connectivity index (χ0v) is 10.7. The fraction of sp³-hybridized carbons (Fsp3) is 1.00. The van der Waals surface area contributed by atoms with Crippen LogP contribution in [0.25, 0.3) is 0 Å². The molecule has 0 aliphatic rings. The van der Waals surface area contributed by atoms with Gasteiger partial charge < -0.3 is 14.6 Å². The molecule has 3 nitrogen and oxygen atoms in total. The number of rotatable bonds is 4. The molecular formula is C9H23NO2Si. The quantitative estimate of drug-likeness (QED) is 0.710.